The minimum Gasteiger partial charge on any atom is -0.492 e. The third-order valence-electron chi connectivity index (χ3n) is 4.36. The lowest BCUT2D eigenvalue weighted by atomic mass is 10.1. The molecule has 3 rings (SSSR count). The second-order valence-corrected chi connectivity index (χ2v) is 6.80. The number of benzene rings is 2. The normalized spacial score (nSPS) is 11.2. The number of carbonyl (C=O) groups excluding carboxylic acids is 1. The molecule has 0 aliphatic heterocycles. The zero-order chi connectivity index (χ0) is 22.4. The summed E-state index contributed by atoms with van der Waals surface area (Å²) in [5, 5.41) is 6.78. The highest BCUT2D eigenvalue weighted by molar-refractivity contribution is 5.75. The molecule has 0 saturated carbocycles. The first-order valence-electron chi connectivity index (χ1n) is 9.44. The largest absolute Gasteiger partial charge is 0.492 e. The Bertz CT molecular complexity index is 1110. The number of hydrogen-bond acceptors (Lipinski definition) is 4. The number of ether oxygens (including phenoxy) is 1. The number of aryl methyl sites for hydroxylation is 1. The van der Waals surface area contributed by atoms with Gasteiger partial charge in [-0.1, -0.05) is 35.9 Å². The predicted octanol–water partition coefficient (Wildman–Crippen LogP) is 3.43. The van der Waals surface area contributed by atoms with Gasteiger partial charge >= 0.3 is 6.18 Å². The van der Waals surface area contributed by atoms with E-state index in [1.165, 1.54) is 18.2 Å². The van der Waals surface area contributed by atoms with Crippen LogP contribution in [0.5, 0.6) is 5.75 Å². The summed E-state index contributed by atoms with van der Waals surface area (Å²) in [6.45, 7) is 1.70. The van der Waals surface area contributed by atoms with E-state index in [9.17, 15) is 22.8 Å². The van der Waals surface area contributed by atoms with Gasteiger partial charge in [-0.05, 0) is 31.2 Å². The van der Waals surface area contributed by atoms with Gasteiger partial charge in [-0.2, -0.15) is 18.3 Å². The molecule has 0 unspecified atom stereocenters. The van der Waals surface area contributed by atoms with Crippen molar-refractivity contribution in [1.82, 2.24) is 15.1 Å². The second kappa shape index (κ2) is 9.46. The first-order valence-corrected chi connectivity index (χ1v) is 9.44. The molecule has 0 aliphatic carbocycles. The van der Waals surface area contributed by atoms with Gasteiger partial charge in [0, 0.05) is 11.6 Å². The van der Waals surface area contributed by atoms with Crippen LogP contribution in [-0.2, 0) is 17.5 Å². The standard InChI is InChI=1S/C22H20F3N3O3/c1-15-5-7-16(8-6-15)19-9-10-21(30)28(27-19)14-20(29)26-11-12-31-18-4-2-3-17(13-18)22(23,24)25/h2-10,13H,11-12,14H2,1H3,(H,26,29). The summed E-state index contributed by atoms with van der Waals surface area (Å²) >= 11 is 0. The van der Waals surface area contributed by atoms with Gasteiger partial charge in [0.2, 0.25) is 5.91 Å². The lowest BCUT2D eigenvalue weighted by Gasteiger charge is -2.11. The maximum absolute atomic E-state index is 12.7. The van der Waals surface area contributed by atoms with E-state index >= 15 is 0 Å². The zero-order valence-corrected chi connectivity index (χ0v) is 16.6. The van der Waals surface area contributed by atoms with Gasteiger partial charge in [0.15, 0.2) is 0 Å². The third-order valence-corrected chi connectivity index (χ3v) is 4.36. The molecule has 162 valence electrons. The molecular formula is C22H20F3N3O3. The van der Waals surface area contributed by atoms with Crippen LogP contribution in [-0.4, -0.2) is 28.8 Å². The van der Waals surface area contributed by atoms with Crippen LogP contribution in [0.3, 0.4) is 0 Å². The highest BCUT2D eigenvalue weighted by Gasteiger charge is 2.30. The number of aromatic nitrogens is 2. The van der Waals surface area contributed by atoms with Crippen LogP contribution in [0.4, 0.5) is 13.2 Å². The van der Waals surface area contributed by atoms with E-state index in [0.717, 1.165) is 27.9 Å². The van der Waals surface area contributed by atoms with Crippen LogP contribution in [0, 0.1) is 6.92 Å². The lowest BCUT2D eigenvalue weighted by Crippen LogP contribution is -2.35. The van der Waals surface area contributed by atoms with Gasteiger partial charge in [0.05, 0.1) is 17.8 Å². The van der Waals surface area contributed by atoms with Crippen LogP contribution in [0.15, 0.2) is 65.5 Å². The topological polar surface area (TPSA) is 73.2 Å². The molecule has 9 heteroatoms. The van der Waals surface area contributed by atoms with Gasteiger partial charge in [0.25, 0.3) is 5.56 Å². The van der Waals surface area contributed by atoms with E-state index in [1.807, 2.05) is 31.2 Å². The molecular weight excluding hydrogens is 411 g/mol. The number of amides is 1. The molecule has 6 nitrogen and oxygen atoms in total. The van der Waals surface area contributed by atoms with Crippen molar-refractivity contribution >= 4 is 5.91 Å². The maximum atomic E-state index is 12.7. The Hall–Kier alpha value is -3.62. The summed E-state index contributed by atoms with van der Waals surface area (Å²) in [6.07, 6.45) is -4.46. The minimum absolute atomic E-state index is 0.0290. The highest BCUT2D eigenvalue weighted by atomic mass is 19.4. The average molecular weight is 431 g/mol. The minimum atomic E-state index is -4.46. The lowest BCUT2D eigenvalue weighted by molar-refractivity contribution is -0.137. The molecule has 1 aromatic heterocycles. The smallest absolute Gasteiger partial charge is 0.416 e. The van der Waals surface area contributed by atoms with E-state index in [-0.39, 0.29) is 25.4 Å². The summed E-state index contributed by atoms with van der Waals surface area (Å²) in [7, 11) is 0. The molecule has 31 heavy (non-hydrogen) atoms. The van der Waals surface area contributed by atoms with Crippen molar-refractivity contribution in [2.24, 2.45) is 0 Å². The molecule has 0 radical (unpaired) electrons. The van der Waals surface area contributed by atoms with E-state index < -0.39 is 23.2 Å². The van der Waals surface area contributed by atoms with Crippen LogP contribution in [0.2, 0.25) is 0 Å². The molecule has 3 aromatic rings. The number of hydrogen-bond donors (Lipinski definition) is 1. The molecule has 0 saturated heterocycles. The van der Waals surface area contributed by atoms with Crippen molar-refractivity contribution in [3.05, 3.63) is 82.1 Å². The quantitative estimate of drug-likeness (QED) is 0.582. The van der Waals surface area contributed by atoms with Gasteiger partial charge in [-0.25, -0.2) is 4.68 Å². The van der Waals surface area contributed by atoms with Crippen LogP contribution >= 0.6 is 0 Å². The van der Waals surface area contributed by atoms with Crippen LogP contribution < -0.4 is 15.6 Å². The van der Waals surface area contributed by atoms with Crippen molar-refractivity contribution in [3.8, 4) is 17.0 Å². The maximum Gasteiger partial charge on any atom is 0.416 e. The number of nitrogens with one attached hydrogen (secondary N) is 1. The van der Waals surface area contributed by atoms with Crippen LogP contribution in [0.25, 0.3) is 11.3 Å². The molecule has 0 bridgehead atoms. The SMILES string of the molecule is Cc1ccc(-c2ccc(=O)n(CC(=O)NCCOc3cccc(C(F)(F)F)c3)n2)cc1. The third kappa shape index (κ3) is 6.18. The van der Waals surface area contributed by atoms with E-state index in [0.29, 0.717) is 5.69 Å². The monoisotopic (exact) mass is 431 g/mol. The zero-order valence-electron chi connectivity index (χ0n) is 16.6. The summed E-state index contributed by atoms with van der Waals surface area (Å²) in [4.78, 5) is 24.2. The summed E-state index contributed by atoms with van der Waals surface area (Å²) in [5.41, 5.74) is 1.22. The van der Waals surface area contributed by atoms with E-state index in [1.54, 1.807) is 6.07 Å². The summed E-state index contributed by atoms with van der Waals surface area (Å²) in [5.74, 6) is -0.420. The molecule has 0 atom stereocenters. The average Bonchev–Trinajstić information content (AvgIpc) is 2.73. The fraction of sp³-hybridized carbons (Fsp3) is 0.227. The van der Waals surface area contributed by atoms with Crippen molar-refractivity contribution in [2.75, 3.05) is 13.2 Å². The van der Waals surface area contributed by atoms with Gasteiger partial charge in [-0.15, -0.1) is 0 Å². The molecule has 0 fully saturated rings. The molecule has 0 spiro atoms. The van der Waals surface area contributed by atoms with Crippen molar-refractivity contribution in [1.29, 1.82) is 0 Å². The fourth-order valence-corrected chi connectivity index (χ4v) is 2.75. The Balaban J connectivity index is 1.54. The number of carbonyl (C=O) groups is 1. The molecule has 2 aromatic carbocycles. The Morgan fingerprint density at radius 1 is 1.10 bits per heavy atom. The number of rotatable bonds is 7. The predicted molar refractivity (Wildman–Crippen MR) is 109 cm³/mol. The number of halogens is 3. The van der Waals surface area contributed by atoms with Crippen LogP contribution in [0.1, 0.15) is 11.1 Å². The molecule has 1 amide bonds. The first-order chi connectivity index (χ1) is 14.7. The fourth-order valence-electron chi connectivity index (χ4n) is 2.75. The van der Waals surface area contributed by atoms with E-state index in [2.05, 4.69) is 10.4 Å². The Morgan fingerprint density at radius 3 is 2.55 bits per heavy atom. The van der Waals surface area contributed by atoms with Gasteiger partial charge in [-0.3, -0.25) is 9.59 Å². The molecule has 1 heterocycles. The summed E-state index contributed by atoms with van der Waals surface area (Å²) < 4.78 is 44.4. The Kier molecular flexibility index (Phi) is 6.74. The summed E-state index contributed by atoms with van der Waals surface area (Å²) in [6, 6.07) is 15.0. The Labute approximate surface area is 176 Å². The van der Waals surface area contributed by atoms with Gasteiger partial charge in [0.1, 0.15) is 18.9 Å². The number of nitrogens with zero attached hydrogens (tertiary/aromatic N) is 2. The van der Waals surface area contributed by atoms with E-state index in [4.69, 9.17) is 4.74 Å². The Morgan fingerprint density at radius 2 is 1.84 bits per heavy atom. The number of alkyl halides is 3. The molecule has 1 N–H and O–H groups in total. The first kappa shape index (κ1) is 22.1. The van der Waals surface area contributed by atoms with Crippen molar-refractivity contribution < 1.29 is 22.7 Å². The van der Waals surface area contributed by atoms with Gasteiger partial charge < -0.3 is 10.1 Å². The second-order valence-electron chi connectivity index (χ2n) is 6.80. The molecule has 0 aliphatic rings. The van der Waals surface area contributed by atoms with Crippen molar-refractivity contribution in [2.45, 2.75) is 19.6 Å². The van der Waals surface area contributed by atoms with Crippen molar-refractivity contribution in [3.63, 3.8) is 0 Å². The highest BCUT2D eigenvalue weighted by Crippen LogP contribution is 2.31.